The van der Waals surface area contributed by atoms with Gasteiger partial charge in [-0.15, -0.1) is 0 Å². The van der Waals surface area contributed by atoms with Crippen LogP contribution in [0.4, 0.5) is 0 Å². The van der Waals surface area contributed by atoms with E-state index in [1.54, 1.807) is 6.26 Å². The maximum absolute atomic E-state index is 5.55. The fourth-order valence-electron chi connectivity index (χ4n) is 1.88. The van der Waals surface area contributed by atoms with Crippen molar-refractivity contribution in [3.8, 4) is 0 Å². The second-order valence-corrected chi connectivity index (χ2v) is 3.53. The summed E-state index contributed by atoms with van der Waals surface area (Å²) in [5.74, 6) is 0. The molecule has 0 saturated carbocycles. The van der Waals surface area contributed by atoms with Gasteiger partial charge < -0.3 is 9.14 Å². The zero-order valence-electron chi connectivity index (χ0n) is 8.21. The van der Waals surface area contributed by atoms with Crippen LogP contribution in [0.2, 0.25) is 0 Å². The molecule has 0 amide bonds. The summed E-state index contributed by atoms with van der Waals surface area (Å²) in [6.07, 6.45) is 11.8. The van der Waals surface area contributed by atoms with Crippen LogP contribution in [0.15, 0.2) is 61.1 Å². The number of aromatic nitrogens is 1. The molecule has 0 radical (unpaired) electrons. The third-order valence-corrected chi connectivity index (χ3v) is 2.61. The first kappa shape index (κ1) is 8.36. The Labute approximate surface area is 88.1 Å². The number of ether oxygens (including phenoxy) is 1. The molecule has 2 aromatic heterocycles. The molecule has 2 aromatic rings. The number of hydrogen-bond donors (Lipinski definition) is 0. The van der Waals surface area contributed by atoms with Gasteiger partial charge in [0.25, 0.3) is 0 Å². The number of fused-ring (bicyclic) bond motifs is 1. The average molecular weight is 197 g/mol. The van der Waals surface area contributed by atoms with Crippen molar-refractivity contribution >= 4 is 5.52 Å². The molecule has 0 spiro atoms. The number of pyridine rings is 1. The molecule has 1 atom stereocenters. The van der Waals surface area contributed by atoms with Crippen LogP contribution in [0.3, 0.4) is 0 Å². The standard InChI is InChI=1S/C13H11NO/c1-3-8-14-9-7-11(12(14)5-1)13-6-2-4-10-15-13/h1-10,13H. The topological polar surface area (TPSA) is 13.6 Å². The number of allylic oxidation sites excluding steroid dienone is 2. The Balaban J connectivity index is 2.11. The van der Waals surface area contributed by atoms with Crippen LogP contribution >= 0.6 is 0 Å². The lowest BCUT2D eigenvalue weighted by Gasteiger charge is -2.14. The van der Waals surface area contributed by atoms with Gasteiger partial charge in [-0.05, 0) is 30.4 Å². The molecule has 0 fully saturated rings. The van der Waals surface area contributed by atoms with Gasteiger partial charge in [0.05, 0.1) is 11.8 Å². The Kier molecular flexibility index (Phi) is 1.85. The minimum Gasteiger partial charge on any atom is -0.489 e. The Morgan fingerprint density at radius 1 is 1.07 bits per heavy atom. The minimum absolute atomic E-state index is 0.0439. The van der Waals surface area contributed by atoms with Crippen LogP contribution in [0.1, 0.15) is 11.7 Å². The van der Waals surface area contributed by atoms with Crippen molar-refractivity contribution in [2.75, 3.05) is 0 Å². The summed E-state index contributed by atoms with van der Waals surface area (Å²) in [6, 6.07) is 8.27. The Morgan fingerprint density at radius 3 is 2.93 bits per heavy atom. The Morgan fingerprint density at radius 2 is 2.07 bits per heavy atom. The van der Waals surface area contributed by atoms with Crippen LogP contribution in [-0.2, 0) is 4.74 Å². The van der Waals surface area contributed by atoms with Gasteiger partial charge in [0.15, 0.2) is 0 Å². The lowest BCUT2D eigenvalue weighted by Crippen LogP contribution is -1.98. The molecule has 1 aliphatic rings. The zero-order valence-corrected chi connectivity index (χ0v) is 8.21. The van der Waals surface area contributed by atoms with E-state index in [4.69, 9.17) is 4.74 Å². The highest BCUT2D eigenvalue weighted by Gasteiger charge is 2.13. The highest BCUT2D eigenvalue weighted by Crippen LogP contribution is 2.26. The molecule has 1 aliphatic heterocycles. The average Bonchev–Trinajstić information content (AvgIpc) is 2.74. The molecule has 2 heteroatoms. The minimum atomic E-state index is 0.0439. The van der Waals surface area contributed by atoms with Crippen molar-refractivity contribution in [1.82, 2.24) is 4.40 Å². The molecular formula is C13H11NO. The second-order valence-electron chi connectivity index (χ2n) is 3.53. The first-order valence-electron chi connectivity index (χ1n) is 4.99. The number of rotatable bonds is 1. The van der Waals surface area contributed by atoms with Crippen molar-refractivity contribution in [3.05, 3.63) is 66.7 Å². The molecule has 1 unspecified atom stereocenters. The summed E-state index contributed by atoms with van der Waals surface area (Å²) in [4.78, 5) is 0. The zero-order chi connectivity index (χ0) is 10.1. The predicted molar refractivity (Wildman–Crippen MR) is 59.5 cm³/mol. The van der Waals surface area contributed by atoms with E-state index >= 15 is 0 Å². The summed E-state index contributed by atoms with van der Waals surface area (Å²) >= 11 is 0. The van der Waals surface area contributed by atoms with Gasteiger partial charge in [-0.2, -0.15) is 0 Å². The molecule has 3 rings (SSSR count). The third kappa shape index (κ3) is 1.34. The smallest absolute Gasteiger partial charge is 0.143 e. The fourth-order valence-corrected chi connectivity index (χ4v) is 1.88. The summed E-state index contributed by atoms with van der Waals surface area (Å²) in [5.41, 5.74) is 2.40. The highest BCUT2D eigenvalue weighted by molar-refractivity contribution is 5.57. The summed E-state index contributed by atoms with van der Waals surface area (Å²) < 4.78 is 7.65. The van der Waals surface area contributed by atoms with Gasteiger partial charge >= 0.3 is 0 Å². The lowest BCUT2D eigenvalue weighted by atomic mass is 10.1. The third-order valence-electron chi connectivity index (χ3n) is 2.61. The summed E-state index contributed by atoms with van der Waals surface area (Å²) in [7, 11) is 0. The van der Waals surface area contributed by atoms with Crippen LogP contribution < -0.4 is 0 Å². The van der Waals surface area contributed by atoms with Gasteiger partial charge in [0.2, 0.25) is 0 Å². The van der Waals surface area contributed by atoms with E-state index in [1.165, 1.54) is 11.1 Å². The molecule has 0 N–H and O–H groups in total. The molecule has 74 valence electrons. The SMILES string of the molecule is C1=COC(c2ccn3ccccc23)C=C1. The normalized spacial score (nSPS) is 19.3. The van der Waals surface area contributed by atoms with Gasteiger partial charge in [-0.1, -0.05) is 12.1 Å². The molecule has 3 heterocycles. The maximum Gasteiger partial charge on any atom is 0.143 e. The van der Waals surface area contributed by atoms with Crippen LogP contribution in [0, 0.1) is 0 Å². The van der Waals surface area contributed by atoms with Crippen LogP contribution in [0.25, 0.3) is 5.52 Å². The van der Waals surface area contributed by atoms with E-state index in [9.17, 15) is 0 Å². The molecule has 15 heavy (non-hydrogen) atoms. The van der Waals surface area contributed by atoms with E-state index in [0.29, 0.717) is 0 Å². The molecule has 0 aromatic carbocycles. The van der Waals surface area contributed by atoms with Crippen molar-refractivity contribution in [3.63, 3.8) is 0 Å². The molecule has 0 bridgehead atoms. The van der Waals surface area contributed by atoms with Gasteiger partial charge in [0.1, 0.15) is 6.10 Å². The first-order valence-corrected chi connectivity index (χ1v) is 4.99. The fraction of sp³-hybridized carbons (Fsp3) is 0.0769. The Bertz CT molecular complexity index is 536. The highest BCUT2D eigenvalue weighted by atomic mass is 16.5. The van der Waals surface area contributed by atoms with E-state index < -0.39 is 0 Å². The van der Waals surface area contributed by atoms with Crippen molar-refractivity contribution in [2.45, 2.75) is 6.10 Å². The largest absolute Gasteiger partial charge is 0.489 e. The van der Waals surface area contributed by atoms with Crippen LogP contribution in [0.5, 0.6) is 0 Å². The number of hydrogen-bond acceptors (Lipinski definition) is 1. The lowest BCUT2D eigenvalue weighted by molar-refractivity contribution is 0.187. The molecule has 0 saturated heterocycles. The van der Waals surface area contributed by atoms with E-state index in [2.05, 4.69) is 28.8 Å². The quantitative estimate of drug-likeness (QED) is 0.685. The number of nitrogens with zero attached hydrogens (tertiary/aromatic N) is 1. The van der Waals surface area contributed by atoms with Gasteiger partial charge in [-0.3, -0.25) is 0 Å². The predicted octanol–water partition coefficient (Wildman–Crippen LogP) is 3.08. The molecule has 2 nitrogen and oxygen atoms in total. The van der Waals surface area contributed by atoms with E-state index in [0.717, 1.165) is 0 Å². The first-order chi connectivity index (χ1) is 7.45. The maximum atomic E-state index is 5.55. The molecular weight excluding hydrogens is 186 g/mol. The summed E-state index contributed by atoms with van der Waals surface area (Å²) in [6.45, 7) is 0. The van der Waals surface area contributed by atoms with Crippen molar-refractivity contribution < 1.29 is 4.74 Å². The molecule has 0 aliphatic carbocycles. The van der Waals surface area contributed by atoms with Crippen molar-refractivity contribution in [2.24, 2.45) is 0 Å². The van der Waals surface area contributed by atoms with E-state index in [-0.39, 0.29) is 6.10 Å². The van der Waals surface area contributed by atoms with Crippen LogP contribution in [-0.4, -0.2) is 4.40 Å². The second kappa shape index (κ2) is 3.31. The monoisotopic (exact) mass is 197 g/mol. The Hall–Kier alpha value is -1.96. The van der Waals surface area contributed by atoms with Gasteiger partial charge in [-0.25, -0.2) is 0 Å². The van der Waals surface area contributed by atoms with Gasteiger partial charge in [0, 0.05) is 18.0 Å². The van der Waals surface area contributed by atoms with Crippen molar-refractivity contribution in [1.29, 1.82) is 0 Å². The summed E-state index contributed by atoms with van der Waals surface area (Å²) in [5, 5.41) is 0. The van der Waals surface area contributed by atoms with E-state index in [1.807, 2.05) is 30.5 Å².